The average molecular weight is 232 g/mol. The third-order valence-electron chi connectivity index (χ3n) is 1.96. The Morgan fingerprint density at radius 2 is 1.75 bits per heavy atom. The second kappa shape index (κ2) is 3.96. The number of Topliss-reactive ketones (excluding diaryl/α,β-unsaturated/α-hetero) is 1. The lowest BCUT2D eigenvalue weighted by Gasteiger charge is -2.09. The number of carbonyl (C=O) groups is 2. The van der Waals surface area contributed by atoms with Gasteiger partial charge in [-0.25, -0.2) is 4.79 Å². The van der Waals surface area contributed by atoms with Gasteiger partial charge in [-0.1, -0.05) is 0 Å². The molecule has 0 aliphatic rings. The van der Waals surface area contributed by atoms with Crippen LogP contribution in [-0.4, -0.2) is 16.9 Å². The summed E-state index contributed by atoms with van der Waals surface area (Å²) in [6.45, 7) is 1.09. The fraction of sp³-hybridized carbons (Fsp3) is 0.200. The van der Waals surface area contributed by atoms with E-state index < -0.39 is 29.1 Å². The molecule has 6 heteroatoms. The average Bonchev–Trinajstić information content (AvgIpc) is 2.15. The Morgan fingerprint density at radius 1 is 1.19 bits per heavy atom. The molecule has 0 amide bonds. The molecule has 1 N–H and O–H groups in total. The number of hydrogen-bond donors (Lipinski definition) is 1. The van der Waals surface area contributed by atoms with E-state index in [1.54, 1.807) is 0 Å². The quantitative estimate of drug-likeness (QED) is 0.797. The lowest BCUT2D eigenvalue weighted by molar-refractivity contribution is -0.137. The van der Waals surface area contributed by atoms with E-state index >= 15 is 0 Å². The second-order valence-corrected chi connectivity index (χ2v) is 3.12. The maximum Gasteiger partial charge on any atom is 0.416 e. The van der Waals surface area contributed by atoms with Crippen LogP contribution in [0.2, 0.25) is 0 Å². The number of carboxylic acid groups (broad SMARTS) is 1. The molecule has 86 valence electrons. The Hall–Kier alpha value is -1.85. The fourth-order valence-electron chi connectivity index (χ4n) is 1.20. The van der Waals surface area contributed by atoms with Crippen molar-refractivity contribution in [1.29, 1.82) is 0 Å². The van der Waals surface area contributed by atoms with Crippen molar-refractivity contribution in [2.45, 2.75) is 13.1 Å². The van der Waals surface area contributed by atoms with Gasteiger partial charge >= 0.3 is 12.1 Å². The summed E-state index contributed by atoms with van der Waals surface area (Å²) in [5, 5.41) is 8.69. The Balaban J connectivity index is 3.40. The van der Waals surface area contributed by atoms with E-state index in [2.05, 4.69) is 0 Å². The monoisotopic (exact) mass is 232 g/mol. The Kier molecular flexibility index (Phi) is 3.02. The molecule has 3 nitrogen and oxygen atoms in total. The van der Waals surface area contributed by atoms with E-state index in [-0.39, 0.29) is 5.56 Å². The first-order valence-corrected chi connectivity index (χ1v) is 4.19. The fourth-order valence-corrected chi connectivity index (χ4v) is 1.20. The van der Waals surface area contributed by atoms with Crippen LogP contribution >= 0.6 is 0 Å². The van der Waals surface area contributed by atoms with Crippen LogP contribution in [0.25, 0.3) is 0 Å². The number of alkyl halides is 3. The maximum atomic E-state index is 12.3. The van der Waals surface area contributed by atoms with Crippen molar-refractivity contribution < 1.29 is 27.9 Å². The summed E-state index contributed by atoms with van der Waals surface area (Å²) in [6.07, 6.45) is -4.63. The smallest absolute Gasteiger partial charge is 0.416 e. The number of rotatable bonds is 2. The molecule has 1 aromatic carbocycles. The molecule has 0 spiro atoms. The molecule has 0 bridgehead atoms. The molecule has 0 radical (unpaired) electrons. The molecule has 0 fully saturated rings. The van der Waals surface area contributed by atoms with E-state index in [1.165, 1.54) is 0 Å². The van der Waals surface area contributed by atoms with Gasteiger partial charge in [0.05, 0.1) is 11.1 Å². The highest BCUT2D eigenvalue weighted by Crippen LogP contribution is 2.30. The van der Waals surface area contributed by atoms with Gasteiger partial charge in [-0.05, 0) is 25.1 Å². The van der Waals surface area contributed by atoms with E-state index in [4.69, 9.17) is 5.11 Å². The summed E-state index contributed by atoms with van der Waals surface area (Å²) in [5.41, 5.74) is -1.96. The predicted molar refractivity (Wildman–Crippen MR) is 48.4 cm³/mol. The summed E-state index contributed by atoms with van der Waals surface area (Å²) in [4.78, 5) is 21.7. The highest BCUT2D eigenvalue weighted by Gasteiger charge is 2.32. The molecule has 0 unspecified atom stereocenters. The molecule has 0 saturated heterocycles. The van der Waals surface area contributed by atoms with E-state index in [0.717, 1.165) is 13.0 Å². The second-order valence-electron chi connectivity index (χ2n) is 3.12. The highest BCUT2D eigenvalue weighted by molar-refractivity contribution is 6.04. The van der Waals surface area contributed by atoms with Crippen molar-refractivity contribution in [3.8, 4) is 0 Å². The number of carboxylic acids is 1. The van der Waals surface area contributed by atoms with Gasteiger partial charge in [0.2, 0.25) is 0 Å². The first kappa shape index (κ1) is 12.2. The van der Waals surface area contributed by atoms with E-state index in [9.17, 15) is 22.8 Å². The van der Waals surface area contributed by atoms with Crippen LogP contribution in [-0.2, 0) is 6.18 Å². The van der Waals surface area contributed by atoms with Crippen LogP contribution in [0.1, 0.15) is 33.2 Å². The molecular formula is C10H7F3O3. The third-order valence-corrected chi connectivity index (χ3v) is 1.96. The van der Waals surface area contributed by atoms with Crippen LogP contribution in [0.5, 0.6) is 0 Å². The molecule has 1 aromatic rings. The van der Waals surface area contributed by atoms with Crippen LogP contribution < -0.4 is 0 Å². The number of benzene rings is 1. The number of carbonyl (C=O) groups excluding carboxylic acids is 1. The first-order valence-electron chi connectivity index (χ1n) is 4.19. The standard InChI is InChI=1S/C10H7F3O3/c1-5(14)7-3-2-6(10(11,12)13)4-8(7)9(15)16/h2-4H,1H3,(H,15,16). The molecule has 0 aliphatic heterocycles. The summed E-state index contributed by atoms with van der Waals surface area (Å²) < 4.78 is 36.9. The lowest BCUT2D eigenvalue weighted by Crippen LogP contribution is -2.11. The van der Waals surface area contributed by atoms with Gasteiger partial charge in [-0.2, -0.15) is 13.2 Å². The SMILES string of the molecule is CC(=O)c1ccc(C(F)(F)F)cc1C(=O)O. The molecule has 1 rings (SSSR count). The van der Waals surface area contributed by atoms with Gasteiger partial charge in [0.15, 0.2) is 5.78 Å². The number of hydrogen-bond acceptors (Lipinski definition) is 2. The normalized spacial score (nSPS) is 11.2. The van der Waals surface area contributed by atoms with Gasteiger partial charge in [-0.15, -0.1) is 0 Å². The third kappa shape index (κ3) is 2.39. The molecule has 0 aliphatic carbocycles. The van der Waals surface area contributed by atoms with Crippen molar-refractivity contribution in [2.75, 3.05) is 0 Å². The minimum absolute atomic E-state index is 0.236. The highest BCUT2D eigenvalue weighted by atomic mass is 19.4. The van der Waals surface area contributed by atoms with Gasteiger partial charge in [0, 0.05) is 5.56 Å². The molecule has 16 heavy (non-hydrogen) atoms. The van der Waals surface area contributed by atoms with Crippen molar-refractivity contribution in [3.63, 3.8) is 0 Å². The zero-order valence-corrected chi connectivity index (χ0v) is 8.13. The minimum Gasteiger partial charge on any atom is -0.478 e. The molecule has 0 aromatic heterocycles. The number of halogens is 3. The zero-order chi connectivity index (χ0) is 12.5. The summed E-state index contributed by atoms with van der Waals surface area (Å²) in [6, 6.07) is 2.01. The van der Waals surface area contributed by atoms with Gasteiger partial charge < -0.3 is 5.11 Å². The Labute approximate surface area is 88.5 Å². The van der Waals surface area contributed by atoms with Gasteiger partial charge in [0.1, 0.15) is 0 Å². The summed E-state index contributed by atoms with van der Waals surface area (Å²) in [7, 11) is 0. The number of ketones is 1. The lowest BCUT2D eigenvalue weighted by atomic mass is 10.0. The molecule has 0 atom stereocenters. The van der Waals surface area contributed by atoms with Crippen LogP contribution in [0.3, 0.4) is 0 Å². The largest absolute Gasteiger partial charge is 0.478 e. The summed E-state index contributed by atoms with van der Waals surface area (Å²) >= 11 is 0. The summed E-state index contributed by atoms with van der Waals surface area (Å²) in [5.74, 6) is -2.15. The van der Waals surface area contributed by atoms with Gasteiger partial charge in [0.25, 0.3) is 0 Å². The van der Waals surface area contributed by atoms with Crippen LogP contribution in [0.4, 0.5) is 13.2 Å². The molecule has 0 heterocycles. The van der Waals surface area contributed by atoms with Crippen molar-refractivity contribution in [2.24, 2.45) is 0 Å². The Morgan fingerprint density at radius 3 is 2.12 bits per heavy atom. The van der Waals surface area contributed by atoms with E-state index in [0.29, 0.717) is 12.1 Å². The molecular weight excluding hydrogens is 225 g/mol. The minimum atomic E-state index is -4.63. The van der Waals surface area contributed by atoms with Crippen LogP contribution in [0.15, 0.2) is 18.2 Å². The first-order chi connectivity index (χ1) is 7.23. The van der Waals surface area contributed by atoms with Gasteiger partial charge in [-0.3, -0.25) is 4.79 Å². The van der Waals surface area contributed by atoms with Crippen molar-refractivity contribution in [3.05, 3.63) is 34.9 Å². The van der Waals surface area contributed by atoms with Crippen molar-refractivity contribution >= 4 is 11.8 Å². The van der Waals surface area contributed by atoms with E-state index in [1.807, 2.05) is 0 Å². The predicted octanol–water partition coefficient (Wildman–Crippen LogP) is 2.61. The molecule has 0 saturated carbocycles. The topological polar surface area (TPSA) is 54.4 Å². The maximum absolute atomic E-state index is 12.3. The zero-order valence-electron chi connectivity index (χ0n) is 8.13. The Bertz CT molecular complexity index is 449. The van der Waals surface area contributed by atoms with Crippen LogP contribution in [0, 0.1) is 0 Å². The van der Waals surface area contributed by atoms with Crippen molar-refractivity contribution in [1.82, 2.24) is 0 Å². The number of aromatic carboxylic acids is 1.